The number of benzene rings is 1. The minimum Gasteiger partial charge on any atom is -0.422 e. The molecule has 1 heterocycles. The van der Waals surface area contributed by atoms with E-state index < -0.39 is 40.0 Å². The van der Waals surface area contributed by atoms with Crippen molar-refractivity contribution in [3.05, 3.63) is 30.1 Å². The zero-order valence-corrected chi connectivity index (χ0v) is 11.4. The van der Waals surface area contributed by atoms with Gasteiger partial charge in [-0.15, -0.1) is 17.7 Å². The maximum atomic E-state index is 14.0. The second-order valence-electron chi connectivity index (χ2n) is 3.07. The maximum Gasteiger partial charge on any atom is 0.424 e. The van der Waals surface area contributed by atoms with E-state index in [1.165, 1.54) is 0 Å². The van der Waals surface area contributed by atoms with Gasteiger partial charge in [0.05, 0.1) is 0 Å². The van der Waals surface area contributed by atoms with E-state index in [0.717, 1.165) is 24.3 Å². The molecule has 19 heavy (non-hydrogen) atoms. The number of hydrogen-bond donors (Lipinski definition) is 0. The standard InChI is InChI=1S/C6H4F6N3OP3/c7-5-1-3-6(4-2-5)16-19(12)13-17(10)14(8)18(11)15(19)9/h1-4H. The molecule has 0 saturated carbocycles. The summed E-state index contributed by atoms with van der Waals surface area (Å²) >= 11 is 0. The van der Waals surface area contributed by atoms with Gasteiger partial charge in [-0.1, -0.05) is 0 Å². The highest BCUT2D eigenvalue weighted by atomic mass is 31.3. The van der Waals surface area contributed by atoms with Gasteiger partial charge in [-0.3, -0.25) is 0 Å². The first-order chi connectivity index (χ1) is 8.83. The lowest BCUT2D eigenvalue weighted by atomic mass is 10.3. The Morgan fingerprint density at radius 3 is 2.32 bits per heavy atom. The van der Waals surface area contributed by atoms with Crippen LogP contribution in [0.3, 0.4) is 0 Å². The largest absolute Gasteiger partial charge is 0.424 e. The van der Waals surface area contributed by atoms with E-state index in [-0.39, 0.29) is 5.75 Å². The lowest BCUT2D eigenvalue weighted by Gasteiger charge is -2.29. The van der Waals surface area contributed by atoms with Crippen molar-refractivity contribution in [2.75, 3.05) is 0 Å². The van der Waals surface area contributed by atoms with Crippen LogP contribution in [-0.2, 0) is 0 Å². The third-order valence-corrected chi connectivity index (χ3v) is 6.96. The minimum atomic E-state index is -5.15. The van der Waals surface area contributed by atoms with E-state index in [1.54, 1.807) is 0 Å². The molecule has 0 N–H and O–H groups in total. The SMILES string of the molecule is Fc1ccc(OP2(F)=NP(F)N(F)P(F)N2F)cc1. The summed E-state index contributed by atoms with van der Waals surface area (Å²) in [6, 6.07) is 3.57. The third-order valence-electron chi connectivity index (χ3n) is 1.83. The fraction of sp³-hybridized carbons (Fsp3) is 0. The number of hydrogen-bond acceptors (Lipinski definition) is 4. The Hall–Kier alpha value is -0.390. The fourth-order valence-corrected chi connectivity index (χ4v) is 5.61. The van der Waals surface area contributed by atoms with Gasteiger partial charge in [-0.25, -0.2) is 4.39 Å². The van der Waals surface area contributed by atoms with Gasteiger partial charge in [0.15, 0.2) is 0 Å². The predicted molar refractivity (Wildman–Crippen MR) is 59.4 cm³/mol. The summed E-state index contributed by atoms with van der Waals surface area (Å²) in [5.74, 6) is -1.06. The number of halogens is 6. The number of rotatable bonds is 2. The van der Waals surface area contributed by atoms with Gasteiger partial charge in [-0.05, 0) is 28.9 Å². The van der Waals surface area contributed by atoms with Crippen LogP contribution in [0.1, 0.15) is 0 Å². The van der Waals surface area contributed by atoms with E-state index in [1.807, 2.05) is 0 Å². The first-order valence-corrected chi connectivity index (χ1v) is 8.22. The van der Waals surface area contributed by atoms with Gasteiger partial charge in [-0.2, -0.15) is 8.39 Å². The molecule has 106 valence electrons. The van der Waals surface area contributed by atoms with Gasteiger partial charge in [0.1, 0.15) is 11.6 Å². The van der Waals surface area contributed by atoms with Crippen molar-refractivity contribution in [1.29, 1.82) is 0 Å². The summed E-state index contributed by atoms with van der Waals surface area (Å²) in [7, 11) is -12.8. The highest BCUT2D eigenvalue weighted by Gasteiger charge is 2.52. The summed E-state index contributed by atoms with van der Waals surface area (Å²) in [5.41, 5.74) is 0. The van der Waals surface area contributed by atoms with Crippen molar-refractivity contribution in [3.8, 4) is 5.75 Å². The fourth-order valence-electron chi connectivity index (χ4n) is 1.05. The molecule has 0 bridgehead atoms. The van der Waals surface area contributed by atoms with Gasteiger partial charge >= 0.3 is 24.8 Å². The van der Waals surface area contributed by atoms with Crippen LogP contribution in [0, 0.1) is 5.82 Å². The Morgan fingerprint density at radius 2 is 1.74 bits per heavy atom. The third kappa shape index (κ3) is 3.03. The summed E-state index contributed by atoms with van der Waals surface area (Å²) < 4.78 is 83.1. The molecule has 13 heteroatoms. The van der Waals surface area contributed by atoms with Gasteiger partial charge < -0.3 is 4.52 Å². The van der Waals surface area contributed by atoms with Crippen LogP contribution in [-0.4, -0.2) is 9.33 Å². The van der Waals surface area contributed by atoms with Gasteiger partial charge in [0.25, 0.3) is 0 Å². The minimum absolute atomic E-state index is 0.386. The zero-order chi connectivity index (χ0) is 14.2. The molecule has 0 aliphatic carbocycles. The molecule has 1 aliphatic rings. The van der Waals surface area contributed by atoms with Crippen LogP contribution in [0.2, 0.25) is 0 Å². The Bertz CT molecular complexity index is 517. The zero-order valence-electron chi connectivity index (χ0n) is 8.67. The van der Waals surface area contributed by atoms with E-state index in [4.69, 9.17) is 0 Å². The quantitative estimate of drug-likeness (QED) is 0.381. The van der Waals surface area contributed by atoms with E-state index >= 15 is 0 Å². The van der Waals surface area contributed by atoms with Crippen LogP contribution in [0.5, 0.6) is 5.75 Å². The summed E-state index contributed by atoms with van der Waals surface area (Å²) in [5, 5.41) is 0. The molecular weight excluding hydrogens is 337 g/mol. The Kier molecular flexibility index (Phi) is 4.38. The van der Waals surface area contributed by atoms with Crippen LogP contribution in [0.25, 0.3) is 0 Å². The molecule has 2 rings (SSSR count). The Morgan fingerprint density at radius 1 is 1.16 bits per heavy atom. The lowest BCUT2D eigenvalue weighted by Crippen LogP contribution is -2.14. The molecule has 0 saturated heterocycles. The number of nitrogens with zero attached hydrogens (tertiary/aromatic N) is 3. The van der Waals surface area contributed by atoms with Crippen LogP contribution in [0.4, 0.5) is 25.9 Å². The molecular formula is C6H4F6N3OP3. The first kappa shape index (κ1) is 15.0. The van der Waals surface area contributed by atoms with Crippen molar-refractivity contribution in [3.63, 3.8) is 0 Å². The smallest absolute Gasteiger partial charge is 0.422 e. The predicted octanol–water partition coefficient (Wildman–Crippen LogP) is 5.90. The highest BCUT2D eigenvalue weighted by molar-refractivity contribution is 7.77. The Balaban J connectivity index is 2.31. The molecule has 0 aromatic heterocycles. The summed E-state index contributed by atoms with van der Waals surface area (Å²) in [6.07, 6.45) is 0. The topological polar surface area (TPSA) is 28.1 Å². The molecule has 1 aromatic rings. The average Bonchev–Trinajstić information content (AvgIpc) is 2.37. The van der Waals surface area contributed by atoms with Crippen LogP contribution >= 0.6 is 24.8 Å². The van der Waals surface area contributed by atoms with E-state index in [0.29, 0.717) is 0 Å². The van der Waals surface area contributed by atoms with Crippen LogP contribution < -0.4 is 4.52 Å². The lowest BCUT2D eigenvalue weighted by molar-refractivity contribution is 0.176. The van der Waals surface area contributed by atoms with Gasteiger partial charge in [0.2, 0.25) is 0 Å². The molecule has 0 amide bonds. The van der Waals surface area contributed by atoms with E-state index in [9.17, 15) is 25.9 Å². The van der Waals surface area contributed by atoms with Crippen molar-refractivity contribution in [2.24, 2.45) is 4.52 Å². The first-order valence-electron chi connectivity index (χ1n) is 4.44. The second-order valence-corrected chi connectivity index (χ2v) is 7.91. The molecule has 1 aliphatic heterocycles. The van der Waals surface area contributed by atoms with E-state index in [2.05, 4.69) is 9.04 Å². The van der Waals surface area contributed by atoms with Crippen molar-refractivity contribution < 1.29 is 30.5 Å². The molecule has 0 radical (unpaired) electrons. The molecule has 0 fully saturated rings. The summed E-state index contributed by atoms with van der Waals surface area (Å²) in [4.78, 5) is 0. The van der Waals surface area contributed by atoms with Crippen LogP contribution in [0.15, 0.2) is 28.8 Å². The Labute approximate surface area is 106 Å². The molecule has 3 unspecified atom stereocenters. The molecule has 4 nitrogen and oxygen atoms in total. The summed E-state index contributed by atoms with van der Waals surface area (Å²) in [6.45, 7) is 0. The van der Waals surface area contributed by atoms with Crippen molar-refractivity contribution in [1.82, 2.24) is 9.33 Å². The monoisotopic (exact) mass is 341 g/mol. The normalized spacial score (nSPS) is 32.9. The average molecular weight is 341 g/mol. The second kappa shape index (κ2) is 5.54. The van der Waals surface area contributed by atoms with Gasteiger partial charge in [0, 0.05) is 4.66 Å². The highest BCUT2D eigenvalue weighted by Crippen LogP contribution is 2.79. The molecule has 0 spiro atoms. The molecule has 1 aromatic carbocycles. The molecule has 3 atom stereocenters. The van der Waals surface area contributed by atoms with Crippen molar-refractivity contribution in [2.45, 2.75) is 0 Å². The maximum absolute atomic E-state index is 14.0. The van der Waals surface area contributed by atoms with Crippen molar-refractivity contribution >= 4 is 24.8 Å².